The molecule has 2 aromatic heterocycles. The number of hydrogen-bond donors (Lipinski definition) is 2. The van der Waals surface area contributed by atoms with E-state index in [1.54, 1.807) is 25.1 Å². The van der Waals surface area contributed by atoms with Crippen LogP contribution in [0.15, 0.2) is 42.6 Å². The number of carbonyl (C=O) groups excluding carboxylic acids is 2. The van der Waals surface area contributed by atoms with E-state index in [4.69, 9.17) is 14.6 Å². The number of nitrogen functional groups attached to an aromatic ring is 1. The Bertz CT molecular complexity index is 1510. The first-order valence-corrected chi connectivity index (χ1v) is 12.5. The number of carbonyl (C=O) groups is 2. The Kier molecular flexibility index (Phi) is 6.00. The number of alkyl halides is 3. The van der Waals surface area contributed by atoms with Crippen molar-refractivity contribution in [3.63, 3.8) is 0 Å². The number of pyridine rings is 1. The number of rotatable bonds is 7. The second kappa shape index (κ2) is 10.2. The molecule has 1 aromatic carbocycles. The van der Waals surface area contributed by atoms with Crippen LogP contribution >= 0.6 is 0 Å². The van der Waals surface area contributed by atoms with Crippen LogP contribution in [0, 0.1) is 6.92 Å². The SMILES string of the molecule is [2H]C([2H])([2H])Oc1cccc([C@@H]2[C@H](NC(=O)c3ncccc3N)CCN2C(=O)Cn2nc(C3CC3)cc2C(F)(F)F)c1C. The zero-order valence-corrected chi connectivity index (χ0v) is 21.0. The minimum absolute atomic E-state index is 0.0174. The van der Waals surface area contributed by atoms with E-state index in [9.17, 15) is 22.8 Å². The summed E-state index contributed by atoms with van der Waals surface area (Å²) in [6, 6.07) is 7.19. The molecule has 5 rings (SSSR count). The van der Waals surface area contributed by atoms with E-state index in [2.05, 4.69) is 15.4 Å². The van der Waals surface area contributed by atoms with Gasteiger partial charge < -0.3 is 20.7 Å². The van der Waals surface area contributed by atoms with Crippen LogP contribution in [0.4, 0.5) is 18.9 Å². The molecule has 39 heavy (non-hydrogen) atoms. The quantitative estimate of drug-likeness (QED) is 0.466. The van der Waals surface area contributed by atoms with Gasteiger partial charge in [-0.1, -0.05) is 12.1 Å². The van der Waals surface area contributed by atoms with Crippen LogP contribution in [-0.2, 0) is 17.5 Å². The molecule has 2 atom stereocenters. The van der Waals surface area contributed by atoms with Gasteiger partial charge in [-0.3, -0.25) is 14.3 Å². The van der Waals surface area contributed by atoms with Crippen LogP contribution in [0.3, 0.4) is 0 Å². The van der Waals surface area contributed by atoms with Crippen LogP contribution < -0.4 is 15.8 Å². The zero-order chi connectivity index (χ0) is 30.4. The molecule has 1 saturated carbocycles. The average molecular weight is 546 g/mol. The molecular formula is C27H29F3N6O3. The Labute approximate surface area is 227 Å². The van der Waals surface area contributed by atoms with Gasteiger partial charge in [0.05, 0.1) is 34.6 Å². The molecule has 2 fully saturated rings. The van der Waals surface area contributed by atoms with E-state index in [0.717, 1.165) is 18.9 Å². The van der Waals surface area contributed by atoms with Gasteiger partial charge >= 0.3 is 6.18 Å². The highest BCUT2D eigenvalue weighted by Gasteiger charge is 2.42. The molecule has 0 bridgehead atoms. The number of aromatic nitrogens is 3. The second-order valence-electron chi connectivity index (χ2n) is 9.80. The minimum Gasteiger partial charge on any atom is -0.496 e. The number of halogens is 3. The maximum atomic E-state index is 13.8. The zero-order valence-electron chi connectivity index (χ0n) is 24.0. The first-order chi connectivity index (χ1) is 19.7. The fraction of sp³-hybridized carbons (Fsp3) is 0.407. The molecule has 206 valence electrons. The van der Waals surface area contributed by atoms with Gasteiger partial charge in [-0.25, -0.2) is 4.98 Å². The van der Waals surface area contributed by atoms with Crippen molar-refractivity contribution in [3.8, 4) is 5.75 Å². The lowest BCUT2D eigenvalue weighted by Crippen LogP contribution is -2.43. The van der Waals surface area contributed by atoms with Crippen molar-refractivity contribution in [2.75, 3.05) is 19.3 Å². The number of nitrogens with two attached hydrogens (primary N) is 1. The maximum Gasteiger partial charge on any atom is 0.433 e. The third-order valence-electron chi connectivity index (χ3n) is 7.21. The number of benzene rings is 1. The fourth-order valence-corrected chi connectivity index (χ4v) is 5.10. The monoisotopic (exact) mass is 545 g/mol. The number of amides is 2. The molecule has 3 aromatic rings. The average Bonchev–Trinajstić information content (AvgIpc) is 3.53. The van der Waals surface area contributed by atoms with Crippen molar-refractivity contribution in [2.24, 2.45) is 0 Å². The Balaban J connectivity index is 1.49. The molecule has 0 radical (unpaired) electrons. The van der Waals surface area contributed by atoms with Crippen molar-refractivity contribution in [1.29, 1.82) is 0 Å². The third-order valence-corrected chi connectivity index (χ3v) is 7.21. The fourth-order valence-electron chi connectivity index (χ4n) is 5.10. The molecule has 0 spiro atoms. The lowest BCUT2D eigenvalue weighted by molar-refractivity contribution is -0.146. The molecule has 12 heteroatoms. The summed E-state index contributed by atoms with van der Waals surface area (Å²) in [5.41, 5.74) is 6.22. The molecule has 3 heterocycles. The van der Waals surface area contributed by atoms with Gasteiger partial charge in [0.15, 0.2) is 5.69 Å². The summed E-state index contributed by atoms with van der Waals surface area (Å²) >= 11 is 0. The van der Waals surface area contributed by atoms with E-state index < -0.39 is 49.4 Å². The predicted molar refractivity (Wildman–Crippen MR) is 136 cm³/mol. The number of nitrogens with one attached hydrogen (secondary N) is 1. The molecule has 0 unspecified atom stereocenters. The molecule has 3 N–H and O–H groups in total. The van der Waals surface area contributed by atoms with Crippen molar-refractivity contribution >= 4 is 17.5 Å². The van der Waals surface area contributed by atoms with Gasteiger partial charge in [-0.2, -0.15) is 18.3 Å². The Morgan fingerprint density at radius 1 is 1.23 bits per heavy atom. The Morgan fingerprint density at radius 3 is 2.72 bits per heavy atom. The molecule has 1 aliphatic carbocycles. The van der Waals surface area contributed by atoms with E-state index in [1.165, 1.54) is 23.2 Å². The topological polar surface area (TPSA) is 115 Å². The number of methoxy groups -OCH3 is 1. The van der Waals surface area contributed by atoms with Gasteiger partial charge in [-0.15, -0.1) is 0 Å². The van der Waals surface area contributed by atoms with Gasteiger partial charge in [0, 0.05) is 18.7 Å². The summed E-state index contributed by atoms with van der Waals surface area (Å²) in [4.78, 5) is 32.2. The second-order valence-corrected chi connectivity index (χ2v) is 9.80. The van der Waals surface area contributed by atoms with Crippen LogP contribution in [0.5, 0.6) is 5.75 Å². The molecule has 1 saturated heterocycles. The predicted octanol–water partition coefficient (Wildman–Crippen LogP) is 3.85. The first-order valence-electron chi connectivity index (χ1n) is 14.0. The maximum absolute atomic E-state index is 13.8. The van der Waals surface area contributed by atoms with Crippen LogP contribution in [0.25, 0.3) is 0 Å². The smallest absolute Gasteiger partial charge is 0.433 e. The van der Waals surface area contributed by atoms with Crippen molar-refractivity contribution < 1.29 is 31.6 Å². The number of hydrogen-bond acceptors (Lipinski definition) is 6. The van der Waals surface area contributed by atoms with E-state index in [1.807, 2.05) is 0 Å². The molecule has 1 aliphatic heterocycles. The van der Waals surface area contributed by atoms with Crippen LogP contribution in [-0.4, -0.2) is 51.1 Å². The normalized spacial score (nSPS) is 20.7. The lowest BCUT2D eigenvalue weighted by Gasteiger charge is -2.31. The first kappa shape index (κ1) is 22.9. The summed E-state index contributed by atoms with van der Waals surface area (Å²) in [6.45, 7) is 1.05. The summed E-state index contributed by atoms with van der Waals surface area (Å²) in [7, 11) is -2.74. The molecule has 9 nitrogen and oxygen atoms in total. The lowest BCUT2D eigenvalue weighted by atomic mass is 9.95. The highest BCUT2D eigenvalue weighted by molar-refractivity contribution is 5.97. The number of anilines is 1. The molecule has 2 aliphatic rings. The van der Waals surface area contributed by atoms with Crippen LogP contribution in [0.2, 0.25) is 0 Å². The van der Waals surface area contributed by atoms with E-state index in [0.29, 0.717) is 21.5 Å². The highest BCUT2D eigenvalue weighted by atomic mass is 19.4. The van der Waals surface area contributed by atoms with Gasteiger partial charge in [0.1, 0.15) is 18.0 Å². The van der Waals surface area contributed by atoms with E-state index in [-0.39, 0.29) is 36.0 Å². The van der Waals surface area contributed by atoms with Gasteiger partial charge in [0.25, 0.3) is 5.91 Å². The Hall–Kier alpha value is -4.09. The summed E-state index contributed by atoms with van der Waals surface area (Å²) in [5.74, 6) is -1.24. The summed E-state index contributed by atoms with van der Waals surface area (Å²) in [6.07, 6.45) is -1.55. The standard InChI is InChI=1S/C27H29F3N6O3/c1-15-17(5-3-7-21(15)39-2)25-19(33-26(38)24-18(31)6-4-11-32-24)10-12-35(25)23(37)14-36-22(27(28,29)30)13-20(34-36)16-8-9-16/h3-7,11,13,16,19,25H,8-10,12,14,31H2,1-2H3,(H,33,38)/t19-,25-/m1/s1/i2D3. The minimum atomic E-state index is -4.71. The third kappa shape index (κ3) is 5.27. The van der Waals surface area contributed by atoms with Gasteiger partial charge in [0.2, 0.25) is 5.91 Å². The molecule has 2 amide bonds. The number of ether oxygens (including phenoxy) is 1. The van der Waals surface area contributed by atoms with Crippen molar-refractivity contribution in [3.05, 3.63) is 70.8 Å². The van der Waals surface area contributed by atoms with E-state index >= 15 is 0 Å². The summed E-state index contributed by atoms with van der Waals surface area (Å²) in [5, 5.41) is 6.97. The van der Waals surface area contributed by atoms with Crippen molar-refractivity contribution in [1.82, 2.24) is 25.0 Å². The largest absolute Gasteiger partial charge is 0.496 e. The molecular weight excluding hydrogens is 513 g/mol. The number of nitrogens with zero attached hydrogens (tertiary/aromatic N) is 4. The highest BCUT2D eigenvalue weighted by Crippen LogP contribution is 2.42. The number of likely N-dealkylation sites (tertiary alicyclic amines) is 1. The van der Waals surface area contributed by atoms with Crippen molar-refractivity contribution in [2.45, 2.75) is 56.9 Å². The Morgan fingerprint density at radius 2 is 2.03 bits per heavy atom. The van der Waals surface area contributed by atoms with Gasteiger partial charge in [-0.05, 0) is 61.6 Å². The summed E-state index contributed by atoms with van der Waals surface area (Å²) < 4.78 is 69.9. The van der Waals surface area contributed by atoms with Crippen LogP contribution in [0.1, 0.15) is 68.3 Å².